The molecule has 0 aliphatic heterocycles. The van der Waals surface area contributed by atoms with Gasteiger partial charge in [-0.05, 0) is 273 Å². The Bertz CT molecular complexity index is 4850. The SMILES string of the molecule is Nc1ccc(-c2ccc(NC(=O)c3ccc(C45CC6(c7ccc(C(=O)Nc8ccc(-c9ccc(N)c(O)c9)cc8O)cc7)CC(c7ccc(C(=O)Nc8ccc(-c9ccc(N)c(O)c9)cc8O)cc7)(C4)CC(c4ccc(C(=O)Nc7ccc(-c8ccc(N)c(O)c8)cc7O)cc4)(C5)C6)cc3)c(O)c2)cc1O. The highest BCUT2D eigenvalue weighted by atomic mass is 16.3. The molecule has 0 atom stereocenters. The summed E-state index contributed by atoms with van der Waals surface area (Å²) in [6.45, 7) is 0. The highest BCUT2D eigenvalue weighted by molar-refractivity contribution is 6.08. The quantitative estimate of drug-likeness (QED) is 0.0316. The van der Waals surface area contributed by atoms with Crippen molar-refractivity contribution in [3.63, 3.8) is 0 Å². The molecule has 20 N–H and O–H groups in total. The Morgan fingerprint density at radius 3 is 0.547 bits per heavy atom. The number of hydrogen-bond donors (Lipinski definition) is 16. The molecule has 4 amide bonds. The molecule has 4 bridgehead atoms. The molecule has 12 aromatic rings. The van der Waals surface area contributed by atoms with Gasteiger partial charge < -0.3 is 85.1 Å². The van der Waals surface area contributed by atoms with Gasteiger partial charge in [0.15, 0.2) is 0 Å². The molecule has 0 unspecified atom stereocenters. The number of nitrogens with one attached hydrogen (secondary N) is 4. The summed E-state index contributed by atoms with van der Waals surface area (Å²) in [6, 6.07) is 68.4. The average Bonchev–Trinajstić information content (AvgIpc) is 0.665. The second-order valence-corrected chi connectivity index (χ2v) is 28.3. The molecule has 4 aliphatic rings. The van der Waals surface area contributed by atoms with Gasteiger partial charge in [0, 0.05) is 22.3 Å². The molecule has 0 saturated heterocycles. The number of aromatic hydroxyl groups is 8. The zero-order valence-corrected chi connectivity index (χ0v) is 56.9. The molecular weight excluding hydrogens is 1340 g/mol. The van der Waals surface area contributed by atoms with Crippen molar-refractivity contribution in [3.8, 4) is 90.5 Å². The Labute approximate surface area is 608 Å². The van der Waals surface area contributed by atoms with E-state index in [4.69, 9.17) is 22.9 Å². The minimum atomic E-state index is -0.644. The molecule has 4 saturated carbocycles. The van der Waals surface area contributed by atoms with Gasteiger partial charge in [0.2, 0.25) is 0 Å². The van der Waals surface area contributed by atoms with Gasteiger partial charge in [-0.25, -0.2) is 0 Å². The van der Waals surface area contributed by atoms with E-state index in [1.807, 2.05) is 48.5 Å². The molecule has 16 rings (SSSR count). The monoisotopic (exact) mass is 1410 g/mol. The summed E-state index contributed by atoms with van der Waals surface area (Å²) >= 11 is 0. The predicted molar refractivity (Wildman–Crippen MR) is 410 cm³/mol. The van der Waals surface area contributed by atoms with Crippen LogP contribution < -0.4 is 44.2 Å². The number of amides is 4. The number of rotatable bonds is 16. The van der Waals surface area contributed by atoms with E-state index in [0.717, 1.165) is 22.3 Å². The van der Waals surface area contributed by atoms with E-state index >= 15 is 0 Å². The van der Waals surface area contributed by atoms with Gasteiger partial charge in [-0.3, -0.25) is 19.2 Å². The van der Waals surface area contributed by atoms with Crippen LogP contribution in [0.2, 0.25) is 0 Å². The van der Waals surface area contributed by atoms with Crippen LogP contribution in [0.25, 0.3) is 44.5 Å². The topological polar surface area (TPSA) is 382 Å². The lowest BCUT2D eigenvalue weighted by Crippen LogP contribution is -2.67. The maximum absolute atomic E-state index is 14.3. The third-order valence-electron chi connectivity index (χ3n) is 21.5. The van der Waals surface area contributed by atoms with Crippen molar-refractivity contribution in [2.24, 2.45) is 0 Å². The fourth-order valence-corrected chi connectivity index (χ4v) is 16.7. The van der Waals surface area contributed by atoms with Crippen LogP contribution in [0.3, 0.4) is 0 Å². The fraction of sp³-hybridized carbons (Fsp3) is 0.116. The highest BCUT2D eigenvalue weighted by Crippen LogP contribution is 2.75. The number of carbonyl (C=O) groups excluding carboxylic acids is 4. The summed E-state index contributed by atoms with van der Waals surface area (Å²) < 4.78 is 0. The van der Waals surface area contributed by atoms with Gasteiger partial charge in [-0.2, -0.15) is 0 Å². The van der Waals surface area contributed by atoms with E-state index in [2.05, 4.69) is 21.3 Å². The smallest absolute Gasteiger partial charge is 0.255 e. The first-order valence-electron chi connectivity index (χ1n) is 34.2. The van der Waals surface area contributed by atoms with Crippen molar-refractivity contribution in [1.82, 2.24) is 0 Å². The van der Waals surface area contributed by atoms with Crippen molar-refractivity contribution < 1.29 is 60.0 Å². The van der Waals surface area contributed by atoms with Gasteiger partial charge >= 0.3 is 0 Å². The Morgan fingerprint density at radius 2 is 0.387 bits per heavy atom. The summed E-state index contributed by atoms with van der Waals surface area (Å²) in [4.78, 5) is 57.2. The molecule has 20 heteroatoms. The maximum Gasteiger partial charge on any atom is 0.255 e. The van der Waals surface area contributed by atoms with Crippen LogP contribution in [-0.4, -0.2) is 64.5 Å². The second-order valence-electron chi connectivity index (χ2n) is 28.3. The first-order valence-corrected chi connectivity index (χ1v) is 34.2. The molecule has 4 aliphatic carbocycles. The number of hydrogen-bond acceptors (Lipinski definition) is 16. The van der Waals surface area contributed by atoms with Gasteiger partial charge in [0.1, 0.15) is 46.0 Å². The van der Waals surface area contributed by atoms with Crippen LogP contribution in [0.5, 0.6) is 46.0 Å². The summed E-state index contributed by atoms with van der Waals surface area (Å²) in [6.07, 6.45) is 3.77. The number of anilines is 8. The standard InChI is InChI=1S/C86H72N8O12/c87-63-25-9-51(33-71(63)95)55-13-29-67(75(99)37-55)91-79(103)47-1-17-59(18-2-47)83-41-84(60-19-3-48(4-20-60)80(104)92-68-30-14-56(38-76(68)100)52-10-26-64(88)72(96)34-52)44-85(42-83,61-21-5-49(6-22-61)81(105)93-69-31-15-57(39-77(69)101)53-11-27-65(89)73(97)35-53)46-86(43-83,45-84)62-23-7-50(8-24-62)82(106)94-70-32-16-58(40-78(70)102)54-12-28-66(90)74(98)36-54/h1-40,95-102H,41-46,87-90H2,(H,91,103)(H,92,104)(H,93,105)(H,94,106). The van der Waals surface area contributed by atoms with E-state index in [-0.39, 0.29) is 91.5 Å². The molecular formula is C86H72N8O12. The zero-order valence-electron chi connectivity index (χ0n) is 56.9. The molecule has 528 valence electrons. The molecule has 0 heterocycles. The van der Waals surface area contributed by atoms with Crippen LogP contribution in [0, 0.1) is 0 Å². The third-order valence-corrected chi connectivity index (χ3v) is 21.5. The number of nitrogens with two attached hydrogens (primary N) is 4. The Morgan fingerprint density at radius 1 is 0.226 bits per heavy atom. The number of benzene rings is 12. The molecule has 0 aromatic heterocycles. The van der Waals surface area contributed by atoms with E-state index in [1.54, 1.807) is 146 Å². The zero-order chi connectivity index (χ0) is 74.1. The molecule has 20 nitrogen and oxygen atoms in total. The van der Waals surface area contributed by atoms with Crippen LogP contribution in [0.4, 0.5) is 45.5 Å². The minimum absolute atomic E-state index is 0.108. The fourth-order valence-electron chi connectivity index (χ4n) is 16.7. The second kappa shape index (κ2) is 26.2. The van der Waals surface area contributed by atoms with Crippen molar-refractivity contribution in [1.29, 1.82) is 0 Å². The third kappa shape index (κ3) is 12.6. The lowest BCUT2D eigenvalue weighted by molar-refractivity contribution is -0.0692. The highest BCUT2D eigenvalue weighted by Gasteiger charge is 2.69. The molecule has 12 aromatic carbocycles. The Hall–Kier alpha value is -13.9. The van der Waals surface area contributed by atoms with Gasteiger partial charge in [-0.15, -0.1) is 0 Å². The number of phenols is 8. The average molecular weight is 1410 g/mol. The minimum Gasteiger partial charge on any atom is -0.506 e. The molecule has 4 fully saturated rings. The van der Waals surface area contributed by atoms with Crippen molar-refractivity contribution in [3.05, 3.63) is 287 Å². The summed E-state index contributed by atoms with van der Waals surface area (Å²) in [5.74, 6) is -3.12. The van der Waals surface area contributed by atoms with E-state index in [9.17, 15) is 60.0 Å². The normalized spacial score (nSPS) is 18.3. The Balaban J connectivity index is 0.789. The van der Waals surface area contributed by atoms with Crippen LogP contribution >= 0.6 is 0 Å². The van der Waals surface area contributed by atoms with Crippen molar-refractivity contribution in [2.75, 3.05) is 44.2 Å². The lowest BCUT2D eigenvalue weighted by atomic mass is 9.32. The predicted octanol–water partition coefficient (Wildman–Crippen LogP) is 15.8. The van der Waals surface area contributed by atoms with Crippen molar-refractivity contribution in [2.45, 2.75) is 60.2 Å². The first kappa shape index (κ1) is 67.9. The van der Waals surface area contributed by atoms with Crippen LogP contribution in [0.15, 0.2) is 243 Å². The van der Waals surface area contributed by atoms with Gasteiger partial charge in [0.05, 0.1) is 45.5 Å². The lowest BCUT2D eigenvalue weighted by Gasteiger charge is -2.71. The summed E-state index contributed by atoms with van der Waals surface area (Å²) in [5, 5.41) is 97.7. The van der Waals surface area contributed by atoms with Crippen molar-refractivity contribution >= 4 is 69.1 Å². The Kier molecular flexibility index (Phi) is 16.8. The molecule has 0 radical (unpaired) electrons. The van der Waals surface area contributed by atoms with Gasteiger partial charge in [0.25, 0.3) is 23.6 Å². The number of phenolic OH excluding ortho intramolecular Hbond substituents is 8. The maximum atomic E-state index is 14.3. The summed E-state index contributed by atoms with van der Waals surface area (Å²) in [7, 11) is 0. The van der Waals surface area contributed by atoms with E-state index in [0.29, 0.717) is 105 Å². The number of nitrogen functional groups attached to an aromatic ring is 4. The van der Waals surface area contributed by atoms with Gasteiger partial charge in [-0.1, -0.05) is 97.1 Å². The largest absolute Gasteiger partial charge is 0.506 e. The van der Waals surface area contributed by atoms with Crippen LogP contribution in [-0.2, 0) is 21.7 Å². The van der Waals surface area contributed by atoms with E-state index < -0.39 is 45.3 Å². The van der Waals surface area contributed by atoms with E-state index in [1.165, 1.54) is 48.5 Å². The van der Waals surface area contributed by atoms with Crippen LogP contribution in [0.1, 0.15) is 102 Å². The molecule has 0 spiro atoms. The first-order chi connectivity index (χ1) is 50.8. The molecule has 106 heavy (non-hydrogen) atoms. The number of carbonyl (C=O) groups is 4. The summed E-state index contributed by atoms with van der Waals surface area (Å²) in [5.41, 5.74) is 32.2.